The van der Waals surface area contributed by atoms with Crippen LogP contribution < -0.4 is 5.32 Å². The van der Waals surface area contributed by atoms with Crippen LogP contribution in [0.25, 0.3) is 10.9 Å². The number of nitrogens with one attached hydrogen (secondary N) is 1. The van der Waals surface area contributed by atoms with Gasteiger partial charge < -0.3 is 10.1 Å². The standard InChI is InChI=1S/C24H24N2O4/c1-4-7-22(27)26-18-12-10-17(11-13-18)23(28)16(3)30-24(29)20-14-15(2)25-21-9-6-5-8-19(20)21/h5-6,8-14,16H,4,7H2,1-3H3,(H,26,27)/t16-/m1/s1. The Morgan fingerprint density at radius 3 is 2.47 bits per heavy atom. The Hall–Kier alpha value is -3.54. The molecule has 0 saturated carbocycles. The smallest absolute Gasteiger partial charge is 0.339 e. The lowest BCUT2D eigenvalue weighted by molar-refractivity contribution is -0.116. The van der Waals surface area contributed by atoms with Crippen LogP contribution in [-0.2, 0) is 9.53 Å². The fraction of sp³-hybridized carbons (Fsp3) is 0.250. The number of anilines is 1. The molecule has 1 aromatic heterocycles. The third kappa shape index (κ3) is 4.89. The van der Waals surface area contributed by atoms with Crippen LogP contribution in [0.3, 0.4) is 0 Å². The second-order valence-corrected chi connectivity index (χ2v) is 7.12. The summed E-state index contributed by atoms with van der Waals surface area (Å²) in [5.41, 5.74) is 2.80. The number of nitrogens with zero attached hydrogens (tertiary/aromatic N) is 1. The minimum absolute atomic E-state index is 0.0706. The molecular weight excluding hydrogens is 380 g/mol. The number of hydrogen-bond donors (Lipinski definition) is 1. The number of aryl methyl sites for hydroxylation is 1. The molecule has 1 heterocycles. The summed E-state index contributed by atoms with van der Waals surface area (Å²) in [6.07, 6.45) is 0.249. The molecule has 3 aromatic rings. The van der Waals surface area contributed by atoms with Crippen LogP contribution in [0.15, 0.2) is 54.6 Å². The molecule has 6 heteroatoms. The Balaban J connectivity index is 1.71. The number of pyridine rings is 1. The third-order valence-electron chi connectivity index (χ3n) is 4.65. The Bertz CT molecular complexity index is 1090. The largest absolute Gasteiger partial charge is 0.451 e. The number of benzene rings is 2. The molecule has 0 radical (unpaired) electrons. The molecule has 0 unspecified atom stereocenters. The number of rotatable bonds is 7. The minimum atomic E-state index is -0.953. The molecule has 6 nitrogen and oxygen atoms in total. The Morgan fingerprint density at radius 2 is 1.77 bits per heavy atom. The first-order chi connectivity index (χ1) is 14.4. The average molecular weight is 404 g/mol. The van der Waals surface area contributed by atoms with E-state index >= 15 is 0 Å². The fourth-order valence-electron chi connectivity index (χ4n) is 3.16. The second kappa shape index (κ2) is 9.31. The average Bonchev–Trinajstić information content (AvgIpc) is 2.73. The fourth-order valence-corrected chi connectivity index (χ4v) is 3.16. The number of ketones is 1. The number of para-hydroxylation sites is 1. The molecule has 0 aliphatic carbocycles. The minimum Gasteiger partial charge on any atom is -0.451 e. The van der Waals surface area contributed by atoms with Crippen molar-refractivity contribution in [3.63, 3.8) is 0 Å². The molecule has 0 fully saturated rings. The van der Waals surface area contributed by atoms with Crippen molar-refractivity contribution in [2.75, 3.05) is 5.32 Å². The van der Waals surface area contributed by atoms with Gasteiger partial charge in [0.1, 0.15) is 0 Å². The lowest BCUT2D eigenvalue weighted by Gasteiger charge is -2.14. The van der Waals surface area contributed by atoms with Crippen molar-refractivity contribution >= 4 is 34.3 Å². The highest BCUT2D eigenvalue weighted by Gasteiger charge is 2.22. The van der Waals surface area contributed by atoms with E-state index < -0.39 is 12.1 Å². The summed E-state index contributed by atoms with van der Waals surface area (Å²) in [6.45, 7) is 5.28. The first kappa shape index (κ1) is 21.2. The van der Waals surface area contributed by atoms with Gasteiger partial charge in [-0.1, -0.05) is 25.1 Å². The van der Waals surface area contributed by atoms with Gasteiger partial charge in [-0.25, -0.2) is 4.79 Å². The molecule has 3 rings (SSSR count). The number of ether oxygens (including phenoxy) is 1. The van der Waals surface area contributed by atoms with Crippen molar-refractivity contribution in [2.45, 2.75) is 39.7 Å². The molecule has 2 aromatic carbocycles. The number of amides is 1. The van der Waals surface area contributed by atoms with Crippen LogP contribution in [0.5, 0.6) is 0 Å². The Kier molecular flexibility index (Phi) is 6.57. The maximum atomic E-state index is 12.7. The van der Waals surface area contributed by atoms with E-state index in [2.05, 4.69) is 10.3 Å². The van der Waals surface area contributed by atoms with Crippen molar-refractivity contribution in [3.05, 3.63) is 71.4 Å². The third-order valence-corrected chi connectivity index (χ3v) is 4.65. The predicted octanol–water partition coefficient (Wildman–Crippen LogP) is 4.71. The zero-order chi connectivity index (χ0) is 21.7. The molecule has 30 heavy (non-hydrogen) atoms. The van der Waals surface area contributed by atoms with E-state index in [0.717, 1.165) is 6.42 Å². The van der Waals surface area contributed by atoms with Crippen LogP contribution in [0.1, 0.15) is 53.1 Å². The molecule has 0 aliphatic heterocycles. The SMILES string of the molecule is CCCC(=O)Nc1ccc(C(=O)[C@@H](C)OC(=O)c2cc(C)nc3ccccc23)cc1. The lowest BCUT2D eigenvalue weighted by atomic mass is 10.1. The maximum Gasteiger partial charge on any atom is 0.339 e. The van der Waals surface area contributed by atoms with Crippen LogP contribution in [0.2, 0.25) is 0 Å². The summed E-state index contributed by atoms with van der Waals surface area (Å²) in [5, 5.41) is 3.45. The zero-order valence-electron chi connectivity index (χ0n) is 17.3. The molecule has 0 spiro atoms. The number of fused-ring (bicyclic) bond motifs is 1. The van der Waals surface area contributed by atoms with Crippen LogP contribution >= 0.6 is 0 Å². The van der Waals surface area contributed by atoms with E-state index in [1.165, 1.54) is 0 Å². The topological polar surface area (TPSA) is 85.4 Å². The second-order valence-electron chi connectivity index (χ2n) is 7.12. The van der Waals surface area contributed by atoms with Crippen molar-refractivity contribution in [1.82, 2.24) is 4.98 Å². The van der Waals surface area contributed by atoms with Gasteiger partial charge in [0.2, 0.25) is 11.7 Å². The first-order valence-electron chi connectivity index (χ1n) is 9.90. The summed E-state index contributed by atoms with van der Waals surface area (Å²) in [4.78, 5) is 41.5. The van der Waals surface area contributed by atoms with Gasteiger partial charge in [0, 0.05) is 28.8 Å². The summed E-state index contributed by atoms with van der Waals surface area (Å²) in [5.74, 6) is -0.954. The number of hydrogen-bond acceptors (Lipinski definition) is 5. The molecule has 0 bridgehead atoms. The Morgan fingerprint density at radius 1 is 1.07 bits per heavy atom. The highest BCUT2D eigenvalue weighted by atomic mass is 16.5. The number of aromatic nitrogens is 1. The van der Waals surface area contributed by atoms with Crippen LogP contribution in [-0.4, -0.2) is 28.7 Å². The van der Waals surface area contributed by atoms with E-state index in [-0.39, 0.29) is 11.7 Å². The van der Waals surface area contributed by atoms with Gasteiger partial charge in [0.05, 0.1) is 11.1 Å². The molecule has 1 atom stereocenters. The van der Waals surface area contributed by atoms with Gasteiger partial charge in [-0.3, -0.25) is 14.6 Å². The number of esters is 1. The highest BCUT2D eigenvalue weighted by Crippen LogP contribution is 2.20. The van der Waals surface area contributed by atoms with Gasteiger partial charge in [0.15, 0.2) is 6.10 Å². The van der Waals surface area contributed by atoms with Gasteiger partial charge >= 0.3 is 5.97 Å². The van der Waals surface area contributed by atoms with Crippen molar-refractivity contribution < 1.29 is 19.1 Å². The van der Waals surface area contributed by atoms with E-state index in [4.69, 9.17) is 4.74 Å². The maximum absolute atomic E-state index is 12.7. The van der Waals surface area contributed by atoms with E-state index in [9.17, 15) is 14.4 Å². The summed E-state index contributed by atoms with van der Waals surface area (Å²) in [6, 6.07) is 15.5. The van der Waals surface area contributed by atoms with Crippen LogP contribution in [0.4, 0.5) is 5.69 Å². The number of carbonyl (C=O) groups is 3. The zero-order valence-corrected chi connectivity index (χ0v) is 17.3. The highest BCUT2D eigenvalue weighted by molar-refractivity contribution is 6.06. The molecule has 0 saturated heterocycles. The van der Waals surface area contributed by atoms with Gasteiger partial charge in [-0.15, -0.1) is 0 Å². The molecular formula is C24H24N2O4. The normalized spacial score (nSPS) is 11.7. The van der Waals surface area contributed by atoms with Crippen LogP contribution in [0, 0.1) is 6.92 Å². The van der Waals surface area contributed by atoms with Crippen molar-refractivity contribution in [1.29, 1.82) is 0 Å². The molecule has 154 valence electrons. The molecule has 1 amide bonds. The van der Waals surface area contributed by atoms with E-state index in [1.807, 2.05) is 25.1 Å². The monoisotopic (exact) mass is 404 g/mol. The number of Topliss-reactive ketones (excluding diaryl/α,β-unsaturated/α-hetero) is 1. The van der Waals surface area contributed by atoms with Gasteiger partial charge in [-0.05, 0) is 56.7 Å². The van der Waals surface area contributed by atoms with Crippen molar-refractivity contribution in [3.8, 4) is 0 Å². The Labute approximate surface area is 175 Å². The summed E-state index contributed by atoms with van der Waals surface area (Å²) in [7, 11) is 0. The van der Waals surface area contributed by atoms with E-state index in [1.54, 1.807) is 50.2 Å². The summed E-state index contributed by atoms with van der Waals surface area (Å²) < 4.78 is 5.46. The van der Waals surface area contributed by atoms with Gasteiger partial charge in [-0.2, -0.15) is 0 Å². The molecule has 0 aliphatic rings. The first-order valence-corrected chi connectivity index (χ1v) is 9.90. The number of carbonyl (C=O) groups excluding carboxylic acids is 3. The van der Waals surface area contributed by atoms with Gasteiger partial charge in [0.25, 0.3) is 0 Å². The lowest BCUT2D eigenvalue weighted by Crippen LogP contribution is -2.24. The predicted molar refractivity (Wildman–Crippen MR) is 116 cm³/mol. The summed E-state index contributed by atoms with van der Waals surface area (Å²) >= 11 is 0. The van der Waals surface area contributed by atoms with Crippen molar-refractivity contribution in [2.24, 2.45) is 0 Å². The van der Waals surface area contributed by atoms with E-state index in [0.29, 0.717) is 39.8 Å². The quantitative estimate of drug-likeness (QED) is 0.455. The molecule has 1 N–H and O–H groups in total.